The molecule has 3 aromatic heterocycles. The van der Waals surface area contributed by atoms with Gasteiger partial charge in [-0.3, -0.25) is 14.2 Å². The Morgan fingerprint density at radius 3 is 2.15 bits per heavy atom. The van der Waals surface area contributed by atoms with Crippen molar-refractivity contribution in [1.82, 2.24) is 14.1 Å². The van der Waals surface area contributed by atoms with E-state index in [0.717, 1.165) is 35.0 Å². The number of nitrogens with zero attached hydrogens (tertiary/aromatic N) is 4. The van der Waals surface area contributed by atoms with Crippen molar-refractivity contribution in [1.29, 1.82) is 0 Å². The summed E-state index contributed by atoms with van der Waals surface area (Å²) in [6.07, 6.45) is 3.52. The summed E-state index contributed by atoms with van der Waals surface area (Å²) in [4.78, 5) is 53.8. The summed E-state index contributed by atoms with van der Waals surface area (Å²) in [7, 11) is 0. The monoisotopic (exact) mass is 734 g/mol. The molecule has 0 bridgehead atoms. The van der Waals surface area contributed by atoms with Gasteiger partial charge in [-0.1, -0.05) is 0 Å². The Balaban J connectivity index is 0.000000156. The standard InChI is InChI=1S/C20H15F3N4O3.C16H15FN2O4/c21-8-1-2-15(13(22)3-8)27-7-12(20(29)30)17(28)9-4-14(23)19(25-18(9)27)26-5-10-11(6-26)16(10)24;1-7-6-23-14-11(16(18)2-3-16)10(17)4-8-12(14)19(7)5-9(13(8)20)15(21)22/h1-4,7,10-11,16H,5-6,24H2,(H,29,30);4-5,7H,2-3,6,18H2,1H3,(H,21,22)/t10-,11+,16+;7-/m.0/s1. The number of aromatic nitrogens is 3. The van der Waals surface area contributed by atoms with Gasteiger partial charge in [0.25, 0.3) is 0 Å². The fourth-order valence-electron chi connectivity index (χ4n) is 7.42. The Morgan fingerprint density at radius 1 is 0.906 bits per heavy atom. The lowest BCUT2D eigenvalue weighted by molar-refractivity contribution is 0.0684. The molecule has 2 aromatic carbocycles. The number of carboxylic acid groups (broad SMARTS) is 2. The molecule has 5 heterocycles. The average molecular weight is 735 g/mol. The van der Waals surface area contributed by atoms with E-state index in [-0.39, 0.29) is 75.3 Å². The van der Waals surface area contributed by atoms with E-state index in [2.05, 4.69) is 4.98 Å². The number of rotatable bonds is 5. The van der Waals surface area contributed by atoms with Crippen LogP contribution in [-0.4, -0.2) is 62.0 Å². The van der Waals surface area contributed by atoms with Crippen LogP contribution < -0.4 is 32.0 Å². The van der Waals surface area contributed by atoms with E-state index in [9.17, 15) is 47.0 Å². The number of carbonyl (C=O) groups is 2. The van der Waals surface area contributed by atoms with Gasteiger partial charge in [0.1, 0.15) is 35.2 Å². The molecule has 13 nitrogen and oxygen atoms in total. The van der Waals surface area contributed by atoms with Gasteiger partial charge < -0.3 is 35.9 Å². The van der Waals surface area contributed by atoms with Gasteiger partial charge in [-0.05, 0) is 55.9 Å². The summed E-state index contributed by atoms with van der Waals surface area (Å²) < 4.78 is 65.7. The molecule has 4 atom stereocenters. The highest BCUT2D eigenvalue weighted by Crippen LogP contribution is 2.51. The number of piperidine rings is 1. The predicted octanol–water partition coefficient (Wildman–Crippen LogP) is 3.63. The molecule has 2 aliphatic carbocycles. The number of ether oxygens (including phenoxy) is 1. The van der Waals surface area contributed by atoms with Crippen LogP contribution in [0.3, 0.4) is 0 Å². The third kappa shape index (κ3) is 5.40. The maximum atomic E-state index is 14.8. The molecule has 0 unspecified atom stereocenters. The van der Waals surface area contributed by atoms with Gasteiger partial charge in [0.15, 0.2) is 23.0 Å². The number of carboxylic acids is 2. The van der Waals surface area contributed by atoms with Gasteiger partial charge in [-0.2, -0.15) is 0 Å². The van der Waals surface area contributed by atoms with Crippen molar-refractivity contribution >= 4 is 39.7 Å². The molecule has 5 aromatic rings. The van der Waals surface area contributed by atoms with Crippen molar-refractivity contribution in [2.24, 2.45) is 23.3 Å². The fourth-order valence-corrected chi connectivity index (χ4v) is 7.42. The number of hydrogen-bond acceptors (Lipinski definition) is 9. The lowest BCUT2D eigenvalue weighted by Crippen LogP contribution is -2.30. The molecule has 6 N–H and O–H groups in total. The second-order valence-corrected chi connectivity index (χ2v) is 14.0. The van der Waals surface area contributed by atoms with Crippen LogP contribution in [0.15, 0.2) is 52.3 Å². The molecule has 0 amide bonds. The highest BCUT2D eigenvalue weighted by Gasteiger charge is 2.54. The number of halogens is 4. The zero-order chi connectivity index (χ0) is 37.8. The van der Waals surface area contributed by atoms with Crippen molar-refractivity contribution in [2.75, 3.05) is 24.6 Å². The summed E-state index contributed by atoms with van der Waals surface area (Å²) in [5.74, 6) is -5.38. The van der Waals surface area contributed by atoms with Crippen LogP contribution in [-0.2, 0) is 5.54 Å². The van der Waals surface area contributed by atoms with Crippen LogP contribution >= 0.6 is 0 Å². The molecular weight excluding hydrogens is 704 g/mol. The molecule has 53 heavy (non-hydrogen) atoms. The van der Waals surface area contributed by atoms with Gasteiger partial charge >= 0.3 is 11.9 Å². The summed E-state index contributed by atoms with van der Waals surface area (Å²) >= 11 is 0. The molecule has 274 valence electrons. The molecule has 2 saturated carbocycles. The van der Waals surface area contributed by atoms with E-state index < -0.39 is 57.2 Å². The Morgan fingerprint density at radius 2 is 1.53 bits per heavy atom. The largest absolute Gasteiger partial charge is 0.489 e. The van der Waals surface area contributed by atoms with Crippen LogP contribution in [0.25, 0.3) is 27.6 Å². The van der Waals surface area contributed by atoms with E-state index >= 15 is 0 Å². The van der Waals surface area contributed by atoms with Crippen molar-refractivity contribution in [3.05, 3.63) is 103 Å². The summed E-state index contributed by atoms with van der Waals surface area (Å²) in [5, 5.41) is 18.3. The number of benzene rings is 2. The quantitative estimate of drug-likeness (QED) is 0.193. The first kappa shape index (κ1) is 34.3. The topological polar surface area (TPSA) is 196 Å². The fraction of sp³-hybridized carbons (Fsp3) is 0.306. The third-order valence-corrected chi connectivity index (χ3v) is 10.6. The number of fused-ring (bicyclic) bond motifs is 2. The lowest BCUT2D eigenvalue weighted by Gasteiger charge is -2.29. The second kappa shape index (κ2) is 11.9. The van der Waals surface area contributed by atoms with Crippen LogP contribution in [0.2, 0.25) is 0 Å². The van der Waals surface area contributed by atoms with E-state index in [0.29, 0.717) is 37.5 Å². The Labute approximate surface area is 295 Å². The normalized spacial score (nSPS) is 21.8. The molecular formula is C36H30F4N6O7. The highest BCUT2D eigenvalue weighted by atomic mass is 19.1. The summed E-state index contributed by atoms with van der Waals surface area (Å²) in [5.41, 5.74) is 8.95. The first-order valence-electron chi connectivity index (χ1n) is 16.6. The van der Waals surface area contributed by atoms with E-state index in [1.165, 1.54) is 6.20 Å². The van der Waals surface area contributed by atoms with E-state index in [1.54, 1.807) is 9.47 Å². The maximum Gasteiger partial charge on any atom is 0.341 e. The first-order valence-corrected chi connectivity index (χ1v) is 16.6. The summed E-state index contributed by atoms with van der Waals surface area (Å²) in [6, 6.07) is 4.61. The first-order chi connectivity index (χ1) is 25.1. The molecule has 17 heteroatoms. The maximum absolute atomic E-state index is 14.8. The Kier molecular flexibility index (Phi) is 7.67. The smallest absolute Gasteiger partial charge is 0.341 e. The van der Waals surface area contributed by atoms with Gasteiger partial charge in [0.05, 0.1) is 33.6 Å². The minimum Gasteiger partial charge on any atom is -0.489 e. The van der Waals surface area contributed by atoms with Gasteiger partial charge in [0, 0.05) is 43.1 Å². The van der Waals surface area contributed by atoms with Crippen LogP contribution in [0, 0.1) is 35.1 Å². The van der Waals surface area contributed by atoms with Crippen LogP contribution in [0.4, 0.5) is 23.4 Å². The Bertz CT molecular complexity index is 2560. The van der Waals surface area contributed by atoms with E-state index in [1.807, 2.05) is 6.92 Å². The van der Waals surface area contributed by atoms with Gasteiger partial charge in [-0.25, -0.2) is 32.1 Å². The summed E-state index contributed by atoms with van der Waals surface area (Å²) in [6.45, 7) is 3.11. The second-order valence-electron chi connectivity index (χ2n) is 14.0. The Hall–Kier alpha value is -5.81. The van der Waals surface area contributed by atoms with Crippen molar-refractivity contribution in [2.45, 2.75) is 37.4 Å². The minimum absolute atomic E-state index is 0.0111. The number of pyridine rings is 3. The average Bonchev–Trinajstić information content (AvgIpc) is 3.92. The predicted molar refractivity (Wildman–Crippen MR) is 182 cm³/mol. The van der Waals surface area contributed by atoms with Gasteiger partial charge in [-0.15, -0.1) is 0 Å². The number of nitrogens with two attached hydrogens (primary N) is 2. The van der Waals surface area contributed by atoms with Crippen molar-refractivity contribution < 1.29 is 42.1 Å². The van der Waals surface area contributed by atoms with Crippen molar-refractivity contribution in [3.8, 4) is 11.4 Å². The minimum atomic E-state index is -1.56. The van der Waals surface area contributed by atoms with Gasteiger partial charge in [0.2, 0.25) is 10.9 Å². The highest BCUT2D eigenvalue weighted by molar-refractivity contribution is 5.95. The lowest BCUT2D eigenvalue weighted by atomic mass is 9.98. The SMILES string of the molecule is C[C@H]1COc2c(C3(N)CC3)c(F)cc3c(=O)c(C(=O)O)cn1c23.N[C@@H]1[C@H]2CN(c3nc4c(cc3F)c(=O)c(C(=O)O)cn4-c3ccc(F)cc3F)C[C@@H]12. The molecule has 3 fully saturated rings. The van der Waals surface area contributed by atoms with Crippen LogP contribution in [0.5, 0.6) is 5.75 Å². The molecule has 0 spiro atoms. The zero-order valence-electron chi connectivity index (χ0n) is 27.8. The molecule has 4 aliphatic rings. The number of aromatic carboxylic acids is 2. The molecule has 2 aliphatic heterocycles. The van der Waals surface area contributed by atoms with E-state index in [4.69, 9.17) is 16.2 Å². The zero-order valence-corrected chi connectivity index (χ0v) is 27.8. The number of anilines is 1. The molecule has 9 rings (SSSR count). The molecule has 1 saturated heterocycles. The number of hydrogen-bond donors (Lipinski definition) is 4. The van der Waals surface area contributed by atoms with Crippen LogP contribution in [0.1, 0.15) is 52.1 Å². The third-order valence-electron chi connectivity index (χ3n) is 10.6. The molecule has 0 radical (unpaired) electrons. The van der Waals surface area contributed by atoms with Crippen molar-refractivity contribution in [3.63, 3.8) is 0 Å².